The predicted octanol–water partition coefficient (Wildman–Crippen LogP) is 1.48. The lowest BCUT2D eigenvalue weighted by Crippen LogP contribution is -2.40. The summed E-state index contributed by atoms with van der Waals surface area (Å²) in [4.78, 5) is 17.7. The van der Waals surface area contributed by atoms with Crippen LogP contribution >= 0.6 is 11.6 Å². The lowest BCUT2D eigenvalue weighted by atomic mass is 9.91. The zero-order chi connectivity index (χ0) is 14.5. The molecule has 20 heavy (non-hydrogen) atoms. The standard InChI is InChI=1S/C14H19ClN2O3/c1-20-14(19)13(18)11-4-6-17(7-5-11)9-10-2-3-12(15)16-8-10/h2-3,8,11,13,18H,4-7,9H2,1H3. The van der Waals surface area contributed by atoms with Gasteiger partial charge in [-0.2, -0.15) is 0 Å². The second-order valence-corrected chi connectivity index (χ2v) is 5.46. The Balaban J connectivity index is 1.82. The number of piperidine rings is 1. The Morgan fingerprint density at radius 1 is 1.55 bits per heavy atom. The van der Waals surface area contributed by atoms with Crippen LogP contribution in [0.2, 0.25) is 5.15 Å². The van der Waals surface area contributed by atoms with Gasteiger partial charge in [-0.3, -0.25) is 4.90 Å². The van der Waals surface area contributed by atoms with E-state index in [0.717, 1.165) is 38.0 Å². The molecular weight excluding hydrogens is 280 g/mol. The van der Waals surface area contributed by atoms with Gasteiger partial charge in [0.05, 0.1) is 7.11 Å². The van der Waals surface area contributed by atoms with Crippen molar-refractivity contribution in [2.24, 2.45) is 5.92 Å². The quantitative estimate of drug-likeness (QED) is 0.674. The van der Waals surface area contributed by atoms with Crippen molar-refractivity contribution in [3.8, 4) is 0 Å². The maximum absolute atomic E-state index is 11.3. The van der Waals surface area contributed by atoms with Gasteiger partial charge in [-0.15, -0.1) is 0 Å². The van der Waals surface area contributed by atoms with E-state index in [0.29, 0.717) is 5.15 Å². The minimum absolute atomic E-state index is 0.0120. The third-order valence-corrected chi connectivity index (χ3v) is 3.94. The molecule has 2 rings (SSSR count). The van der Waals surface area contributed by atoms with E-state index in [4.69, 9.17) is 11.6 Å². The van der Waals surface area contributed by atoms with Gasteiger partial charge < -0.3 is 9.84 Å². The number of hydrogen-bond donors (Lipinski definition) is 1. The Hall–Kier alpha value is -1.17. The van der Waals surface area contributed by atoms with Crippen molar-refractivity contribution in [3.05, 3.63) is 29.0 Å². The molecule has 1 fully saturated rings. The molecule has 2 heterocycles. The lowest BCUT2D eigenvalue weighted by Gasteiger charge is -2.33. The van der Waals surface area contributed by atoms with Crippen molar-refractivity contribution in [1.82, 2.24) is 9.88 Å². The Labute approximate surface area is 123 Å². The number of carbonyl (C=O) groups is 1. The van der Waals surface area contributed by atoms with Gasteiger partial charge in [-0.25, -0.2) is 9.78 Å². The molecule has 0 spiro atoms. The molecule has 1 aliphatic rings. The van der Waals surface area contributed by atoms with E-state index in [1.54, 1.807) is 12.3 Å². The van der Waals surface area contributed by atoms with Crippen molar-refractivity contribution in [3.63, 3.8) is 0 Å². The number of ether oxygens (including phenoxy) is 1. The molecule has 1 saturated heterocycles. The molecular formula is C14H19ClN2O3. The number of aliphatic hydroxyl groups is 1. The van der Waals surface area contributed by atoms with Crippen LogP contribution in [0.25, 0.3) is 0 Å². The van der Waals surface area contributed by atoms with Crippen molar-refractivity contribution in [1.29, 1.82) is 0 Å². The third-order valence-electron chi connectivity index (χ3n) is 3.72. The number of halogens is 1. The van der Waals surface area contributed by atoms with Crippen LogP contribution in [0, 0.1) is 5.92 Å². The molecule has 0 amide bonds. The van der Waals surface area contributed by atoms with E-state index in [1.165, 1.54) is 7.11 Å². The maximum atomic E-state index is 11.3. The summed E-state index contributed by atoms with van der Waals surface area (Å²) in [7, 11) is 1.30. The molecule has 1 aromatic heterocycles. The molecule has 1 atom stereocenters. The minimum atomic E-state index is -1.00. The molecule has 110 valence electrons. The first-order valence-electron chi connectivity index (χ1n) is 6.69. The number of rotatable bonds is 4. The molecule has 0 aliphatic carbocycles. The van der Waals surface area contributed by atoms with Gasteiger partial charge in [-0.05, 0) is 43.5 Å². The fourth-order valence-corrected chi connectivity index (χ4v) is 2.61. The first kappa shape index (κ1) is 15.2. The van der Waals surface area contributed by atoms with Crippen LogP contribution in [0.5, 0.6) is 0 Å². The number of pyridine rings is 1. The molecule has 0 radical (unpaired) electrons. The summed E-state index contributed by atoms with van der Waals surface area (Å²) < 4.78 is 4.58. The number of esters is 1. The second kappa shape index (κ2) is 7.02. The smallest absolute Gasteiger partial charge is 0.334 e. The summed E-state index contributed by atoms with van der Waals surface area (Å²) in [6.45, 7) is 2.51. The molecule has 5 nitrogen and oxygen atoms in total. The fourth-order valence-electron chi connectivity index (χ4n) is 2.50. The van der Waals surface area contributed by atoms with Gasteiger partial charge in [0.25, 0.3) is 0 Å². The number of carbonyl (C=O) groups excluding carboxylic acids is 1. The van der Waals surface area contributed by atoms with E-state index in [-0.39, 0.29) is 5.92 Å². The van der Waals surface area contributed by atoms with Gasteiger partial charge in [0.1, 0.15) is 5.15 Å². The molecule has 1 N–H and O–H groups in total. The van der Waals surface area contributed by atoms with E-state index in [9.17, 15) is 9.90 Å². The molecule has 1 aromatic rings. The Bertz CT molecular complexity index is 444. The van der Waals surface area contributed by atoms with E-state index in [2.05, 4.69) is 14.6 Å². The number of likely N-dealkylation sites (tertiary alicyclic amines) is 1. The van der Waals surface area contributed by atoms with Crippen LogP contribution in [0.15, 0.2) is 18.3 Å². The van der Waals surface area contributed by atoms with Gasteiger partial charge >= 0.3 is 5.97 Å². The largest absolute Gasteiger partial charge is 0.467 e. The highest BCUT2D eigenvalue weighted by molar-refractivity contribution is 6.29. The molecule has 6 heteroatoms. The second-order valence-electron chi connectivity index (χ2n) is 5.07. The summed E-state index contributed by atoms with van der Waals surface area (Å²) in [6.07, 6.45) is 2.35. The number of aromatic nitrogens is 1. The zero-order valence-corrected chi connectivity index (χ0v) is 12.2. The van der Waals surface area contributed by atoms with E-state index >= 15 is 0 Å². The topological polar surface area (TPSA) is 62.7 Å². The van der Waals surface area contributed by atoms with Crippen LogP contribution in [0.4, 0.5) is 0 Å². The Kier molecular flexibility index (Phi) is 5.34. The van der Waals surface area contributed by atoms with Gasteiger partial charge in [0, 0.05) is 12.7 Å². The number of aliphatic hydroxyl groups excluding tert-OH is 1. The van der Waals surface area contributed by atoms with Crippen molar-refractivity contribution >= 4 is 17.6 Å². The molecule has 0 aromatic carbocycles. The monoisotopic (exact) mass is 298 g/mol. The number of nitrogens with zero attached hydrogens (tertiary/aromatic N) is 2. The van der Waals surface area contributed by atoms with Crippen LogP contribution in [0.1, 0.15) is 18.4 Å². The molecule has 0 saturated carbocycles. The first-order chi connectivity index (χ1) is 9.60. The summed E-state index contributed by atoms with van der Waals surface area (Å²) >= 11 is 5.76. The van der Waals surface area contributed by atoms with E-state index in [1.807, 2.05) is 6.07 Å². The summed E-state index contributed by atoms with van der Waals surface area (Å²) in [5, 5.41) is 10.3. The molecule has 0 bridgehead atoms. The zero-order valence-electron chi connectivity index (χ0n) is 11.5. The average Bonchev–Trinajstić information content (AvgIpc) is 2.49. The van der Waals surface area contributed by atoms with Gasteiger partial charge in [0.2, 0.25) is 0 Å². The first-order valence-corrected chi connectivity index (χ1v) is 7.06. The van der Waals surface area contributed by atoms with Gasteiger partial charge in [0.15, 0.2) is 6.10 Å². The number of methoxy groups -OCH3 is 1. The minimum Gasteiger partial charge on any atom is -0.467 e. The summed E-state index contributed by atoms with van der Waals surface area (Å²) in [5.74, 6) is -0.549. The van der Waals surface area contributed by atoms with Crippen LogP contribution in [-0.2, 0) is 16.1 Å². The van der Waals surface area contributed by atoms with Crippen LogP contribution in [0.3, 0.4) is 0 Å². The number of hydrogen-bond acceptors (Lipinski definition) is 5. The van der Waals surface area contributed by atoms with Crippen molar-refractivity contribution in [2.45, 2.75) is 25.5 Å². The maximum Gasteiger partial charge on any atom is 0.334 e. The summed E-state index contributed by atoms with van der Waals surface area (Å²) in [5.41, 5.74) is 1.11. The highest BCUT2D eigenvalue weighted by Gasteiger charge is 2.30. The van der Waals surface area contributed by atoms with Crippen LogP contribution in [-0.4, -0.2) is 47.3 Å². The predicted molar refractivity (Wildman–Crippen MR) is 75.3 cm³/mol. The summed E-state index contributed by atoms with van der Waals surface area (Å²) in [6, 6.07) is 3.75. The van der Waals surface area contributed by atoms with Gasteiger partial charge in [-0.1, -0.05) is 17.7 Å². The lowest BCUT2D eigenvalue weighted by molar-refractivity contribution is -0.154. The Morgan fingerprint density at radius 3 is 2.80 bits per heavy atom. The molecule has 1 unspecified atom stereocenters. The van der Waals surface area contributed by atoms with Crippen LogP contribution < -0.4 is 0 Å². The normalized spacial score (nSPS) is 18.8. The fraction of sp³-hybridized carbons (Fsp3) is 0.571. The SMILES string of the molecule is COC(=O)C(O)C1CCN(Cc2ccc(Cl)nc2)CC1. The van der Waals surface area contributed by atoms with Crippen molar-refractivity contribution < 1.29 is 14.6 Å². The van der Waals surface area contributed by atoms with Crippen molar-refractivity contribution in [2.75, 3.05) is 20.2 Å². The highest BCUT2D eigenvalue weighted by Crippen LogP contribution is 2.22. The Morgan fingerprint density at radius 2 is 2.25 bits per heavy atom. The van der Waals surface area contributed by atoms with E-state index < -0.39 is 12.1 Å². The average molecular weight is 299 g/mol. The third kappa shape index (κ3) is 3.91. The highest BCUT2D eigenvalue weighted by atomic mass is 35.5. The molecule has 1 aliphatic heterocycles.